The lowest BCUT2D eigenvalue weighted by molar-refractivity contribution is 0.195. The molecule has 1 aliphatic carbocycles. The fourth-order valence-electron chi connectivity index (χ4n) is 3.42. The minimum atomic E-state index is 0. The maximum atomic E-state index is 5.79. The van der Waals surface area contributed by atoms with Crippen LogP contribution in [0.5, 0.6) is 0 Å². The number of likely N-dealkylation sites (tertiary alicyclic amines) is 1. The molecule has 102 valence electrons. The molecular weight excluding hydrogens is 234 g/mol. The van der Waals surface area contributed by atoms with Gasteiger partial charge in [-0.25, -0.2) is 0 Å². The van der Waals surface area contributed by atoms with Crippen molar-refractivity contribution in [2.75, 3.05) is 32.7 Å². The third kappa shape index (κ3) is 4.40. The second-order valence-electron chi connectivity index (χ2n) is 5.78. The van der Waals surface area contributed by atoms with Gasteiger partial charge in [0, 0.05) is 13.1 Å². The van der Waals surface area contributed by atoms with Crippen LogP contribution in [0.3, 0.4) is 0 Å². The Labute approximate surface area is 112 Å². The molecule has 1 aliphatic heterocycles. The molecule has 1 unspecified atom stereocenters. The monoisotopic (exact) mass is 261 g/mol. The van der Waals surface area contributed by atoms with Crippen molar-refractivity contribution in [3.8, 4) is 0 Å². The predicted molar refractivity (Wildman–Crippen MR) is 75.4 cm³/mol. The molecule has 0 aromatic carbocycles. The molecule has 4 heteroatoms. The third-order valence-electron chi connectivity index (χ3n) is 4.44. The van der Waals surface area contributed by atoms with Gasteiger partial charge in [0.15, 0.2) is 0 Å². The van der Waals surface area contributed by atoms with E-state index < -0.39 is 0 Å². The van der Waals surface area contributed by atoms with Gasteiger partial charge in [-0.1, -0.05) is 6.42 Å². The minimum absolute atomic E-state index is 0. The molecule has 1 saturated heterocycles. The average molecular weight is 262 g/mol. The van der Waals surface area contributed by atoms with Crippen molar-refractivity contribution >= 4 is 12.4 Å². The Morgan fingerprint density at radius 1 is 0.941 bits per heavy atom. The van der Waals surface area contributed by atoms with Crippen molar-refractivity contribution in [1.29, 1.82) is 0 Å². The minimum Gasteiger partial charge on any atom is -0.330 e. The van der Waals surface area contributed by atoms with E-state index in [1.807, 2.05) is 0 Å². The zero-order chi connectivity index (χ0) is 11.4. The number of hydrogen-bond donors (Lipinski definition) is 2. The van der Waals surface area contributed by atoms with E-state index in [9.17, 15) is 0 Å². The van der Waals surface area contributed by atoms with Crippen molar-refractivity contribution < 1.29 is 0 Å². The van der Waals surface area contributed by atoms with Gasteiger partial charge in [-0.15, -0.1) is 12.4 Å². The van der Waals surface area contributed by atoms with Crippen molar-refractivity contribution in [3.63, 3.8) is 0 Å². The van der Waals surface area contributed by atoms with Gasteiger partial charge in [0.1, 0.15) is 0 Å². The van der Waals surface area contributed by atoms with Crippen LogP contribution in [0, 0.1) is 17.8 Å². The summed E-state index contributed by atoms with van der Waals surface area (Å²) in [7, 11) is 0. The molecule has 0 spiro atoms. The van der Waals surface area contributed by atoms with Crippen LogP contribution >= 0.6 is 12.4 Å². The molecule has 0 amide bonds. The van der Waals surface area contributed by atoms with Gasteiger partial charge >= 0.3 is 0 Å². The first-order valence-electron chi connectivity index (χ1n) is 6.94. The van der Waals surface area contributed by atoms with E-state index in [-0.39, 0.29) is 12.4 Å². The van der Waals surface area contributed by atoms with Crippen molar-refractivity contribution in [2.24, 2.45) is 29.2 Å². The summed E-state index contributed by atoms with van der Waals surface area (Å²) in [4.78, 5) is 2.63. The molecule has 2 fully saturated rings. The second-order valence-corrected chi connectivity index (χ2v) is 5.78. The summed E-state index contributed by atoms with van der Waals surface area (Å²) in [5.41, 5.74) is 11.5. The zero-order valence-corrected chi connectivity index (χ0v) is 11.6. The number of rotatable bonds is 4. The molecule has 4 N–H and O–H groups in total. The molecule has 2 aliphatic rings. The number of halogens is 1. The van der Waals surface area contributed by atoms with Gasteiger partial charge in [-0.05, 0) is 63.1 Å². The lowest BCUT2D eigenvalue weighted by Crippen LogP contribution is -2.32. The van der Waals surface area contributed by atoms with E-state index in [1.54, 1.807) is 0 Å². The van der Waals surface area contributed by atoms with Crippen LogP contribution in [-0.4, -0.2) is 37.6 Å². The second kappa shape index (κ2) is 7.57. The number of hydrogen-bond acceptors (Lipinski definition) is 3. The molecule has 2 rings (SSSR count). The molecule has 1 saturated carbocycles. The van der Waals surface area contributed by atoms with E-state index >= 15 is 0 Å². The highest BCUT2D eigenvalue weighted by Gasteiger charge is 2.26. The van der Waals surface area contributed by atoms with Gasteiger partial charge in [0.25, 0.3) is 0 Å². The standard InChI is InChI=1S/C13H27N3.ClH/c14-7-11-2-1-3-12(6-11)9-16-5-4-13(8-15)10-16;/h11-13H,1-10,14-15H2;1H/t11-,12+,13?;/m0./s1. The molecule has 17 heavy (non-hydrogen) atoms. The Balaban J connectivity index is 0.00000144. The summed E-state index contributed by atoms with van der Waals surface area (Å²) in [6, 6.07) is 0. The van der Waals surface area contributed by atoms with E-state index in [2.05, 4.69) is 4.90 Å². The van der Waals surface area contributed by atoms with Crippen LogP contribution in [0.15, 0.2) is 0 Å². The van der Waals surface area contributed by atoms with Crippen LogP contribution in [0.4, 0.5) is 0 Å². The van der Waals surface area contributed by atoms with Crippen molar-refractivity contribution in [1.82, 2.24) is 4.90 Å². The Morgan fingerprint density at radius 2 is 1.65 bits per heavy atom. The summed E-state index contributed by atoms with van der Waals surface area (Å²) < 4.78 is 0. The van der Waals surface area contributed by atoms with Gasteiger partial charge < -0.3 is 16.4 Å². The van der Waals surface area contributed by atoms with Gasteiger partial charge in [-0.2, -0.15) is 0 Å². The van der Waals surface area contributed by atoms with Crippen LogP contribution in [0.25, 0.3) is 0 Å². The Kier molecular flexibility index (Phi) is 6.78. The summed E-state index contributed by atoms with van der Waals surface area (Å²) in [6.45, 7) is 5.56. The molecule has 0 bridgehead atoms. The number of nitrogens with two attached hydrogens (primary N) is 2. The van der Waals surface area contributed by atoms with Crippen molar-refractivity contribution in [3.05, 3.63) is 0 Å². The van der Waals surface area contributed by atoms with Gasteiger partial charge in [0.05, 0.1) is 0 Å². The Morgan fingerprint density at radius 3 is 2.29 bits per heavy atom. The summed E-state index contributed by atoms with van der Waals surface area (Å²) >= 11 is 0. The fourth-order valence-corrected chi connectivity index (χ4v) is 3.42. The molecule has 3 nitrogen and oxygen atoms in total. The molecule has 1 heterocycles. The first kappa shape index (κ1) is 15.2. The lowest BCUT2D eigenvalue weighted by Gasteiger charge is -2.31. The van der Waals surface area contributed by atoms with E-state index in [0.717, 1.165) is 30.8 Å². The average Bonchev–Trinajstić information content (AvgIpc) is 2.77. The molecule has 0 radical (unpaired) electrons. The van der Waals surface area contributed by atoms with Crippen LogP contribution in [0.1, 0.15) is 32.1 Å². The van der Waals surface area contributed by atoms with Crippen molar-refractivity contribution in [2.45, 2.75) is 32.1 Å². The maximum Gasteiger partial charge on any atom is 0.00223 e. The summed E-state index contributed by atoms with van der Waals surface area (Å²) in [5, 5.41) is 0. The Bertz CT molecular complexity index is 213. The van der Waals surface area contributed by atoms with Gasteiger partial charge in [0.2, 0.25) is 0 Å². The summed E-state index contributed by atoms with van der Waals surface area (Å²) in [5.74, 6) is 2.46. The largest absolute Gasteiger partial charge is 0.330 e. The zero-order valence-electron chi connectivity index (χ0n) is 10.8. The first-order valence-corrected chi connectivity index (χ1v) is 6.94. The normalized spacial score (nSPS) is 34.6. The molecular formula is C13H28ClN3. The Hall–Kier alpha value is 0.170. The van der Waals surface area contributed by atoms with Gasteiger partial charge in [-0.3, -0.25) is 0 Å². The van der Waals surface area contributed by atoms with E-state index in [0.29, 0.717) is 0 Å². The van der Waals surface area contributed by atoms with E-state index in [4.69, 9.17) is 11.5 Å². The van der Waals surface area contributed by atoms with Crippen LogP contribution < -0.4 is 11.5 Å². The highest BCUT2D eigenvalue weighted by molar-refractivity contribution is 5.85. The van der Waals surface area contributed by atoms with Crippen LogP contribution in [-0.2, 0) is 0 Å². The smallest absolute Gasteiger partial charge is 0.00223 e. The van der Waals surface area contributed by atoms with Crippen LogP contribution in [0.2, 0.25) is 0 Å². The SMILES string of the molecule is Cl.NCC1CCN(C[C@@H]2CCC[C@H](CN)C2)C1. The predicted octanol–water partition coefficient (Wildman–Crippen LogP) is 1.45. The lowest BCUT2D eigenvalue weighted by atomic mass is 9.81. The summed E-state index contributed by atoms with van der Waals surface area (Å²) in [6.07, 6.45) is 6.84. The number of nitrogens with zero attached hydrogens (tertiary/aromatic N) is 1. The molecule has 0 aromatic heterocycles. The van der Waals surface area contributed by atoms with E-state index in [1.165, 1.54) is 51.7 Å². The highest BCUT2D eigenvalue weighted by atomic mass is 35.5. The highest BCUT2D eigenvalue weighted by Crippen LogP contribution is 2.30. The molecule has 0 aromatic rings. The third-order valence-corrected chi connectivity index (χ3v) is 4.44. The quantitative estimate of drug-likeness (QED) is 0.806. The topological polar surface area (TPSA) is 55.3 Å². The first-order chi connectivity index (χ1) is 7.81. The maximum absolute atomic E-state index is 5.79. The fraction of sp³-hybridized carbons (Fsp3) is 1.00. The molecule has 3 atom stereocenters.